The van der Waals surface area contributed by atoms with E-state index in [9.17, 15) is 0 Å². The summed E-state index contributed by atoms with van der Waals surface area (Å²) in [4.78, 5) is 0. The monoisotopic (exact) mass is 160 g/mol. The predicted molar refractivity (Wildman–Crippen MR) is 42.9 cm³/mol. The minimum absolute atomic E-state index is 0.537. The predicted octanol–water partition coefficient (Wildman–Crippen LogP) is 1.05. The van der Waals surface area contributed by atoms with Gasteiger partial charge in [0.05, 0.1) is 33.5 Å². The molecule has 0 atom stereocenters. The van der Waals surface area contributed by atoms with Crippen molar-refractivity contribution < 1.29 is 14.2 Å². The van der Waals surface area contributed by atoms with Gasteiger partial charge < -0.3 is 14.2 Å². The van der Waals surface area contributed by atoms with E-state index < -0.39 is 0 Å². The average Bonchev–Trinajstić information content (AvgIpc) is 2.03. The molecule has 0 aromatic rings. The van der Waals surface area contributed by atoms with Crippen LogP contribution in [0, 0.1) is 14.0 Å². The highest BCUT2D eigenvalue weighted by atomic mass is 16.5. The highest BCUT2D eigenvalue weighted by Gasteiger charge is 1.87. The van der Waals surface area contributed by atoms with Crippen LogP contribution in [0.15, 0.2) is 0 Å². The van der Waals surface area contributed by atoms with Gasteiger partial charge in [0.1, 0.15) is 0 Å². The molecule has 3 nitrogen and oxygen atoms in total. The van der Waals surface area contributed by atoms with Gasteiger partial charge in [-0.3, -0.25) is 0 Å². The summed E-state index contributed by atoms with van der Waals surface area (Å²) in [7, 11) is 3.21. The maximum atomic E-state index is 5.12. The van der Waals surface area contributed by atoms with Crippen LogP contribution in [0.3, 0.4) is 0 Å². The van der Waals surface area contributed by atoms with Crippen LogP contribution in [-0.4, -0.2) is 33.0 Å². The van der Waals surface area contributed by atoms with Crippen molar-refractivity contribution in [3.8, 4) is 0 Å². The third-order valence-electron chi connectivity index (χ3n) is 1.03. The zero-order valence-electron chi connectivity index (χ0n) is 6.88. The zero-order chi connectivity index (χ0) is 8.36. The Hall–Kier alpha value is -0.120. The van der Waals surface area contributed by atoms with Gasteiger partial charge in [-0.2, -0.15) is 0 Å². The van der Waals surface area contributed by atoms with Crippen LogP contribution in [-0.2, 0) is 14.2 Å². The molecular weight excluding hydrogens is 144 g/mol. The summed E-state index contributed by atoms with van der Waals surface area (Å²) >= 11 is 0. The molecule has 0 aliphatic carbocycles. The van der Waals surface area contributed by atoms with Crippen LogP contribution in [0.2, 0.25) is 0 Å². The summed E-state index contributed by atoms with van der Waals surface area (Å²) < 4.78 is 14.8. The molecule has 0 rings (SSSR count). The number of ether oxygens (including phenoxy) is 3. The SMILES string of the molecule is [CH2]CCOCCOCCO[CH2]. The Morgan fingerprint density at radius 1 is 0.818 bits per heavy atom. The lowest BCUT2D eigenvalue weighted by Crippen LogP contribution is -2.08. The molecule has 0 heterocycles. The zero-order valence-corrected chi connectivity index (χ0v) is 6.88. The minimum Gasteiger partial charge on any atom is -0.379 e. The third-order valence-corrected chi connectivity index (χ3v) is 1.03. The maximum Gasteiger partial charge on any atom is 0.0701 e. The molecule has 0 aromatic carbocycles. The Labute approximate surface area is 68.6 Å². The molecule has 0 unspecified atom stereocenters. The van der Waals surface area contributed by atoms with Gasteiger partial charge >= 0.3 is 0 Å². The van der Waals surface area contributed by atoms with Crippen molar-refractivity contribution >= 4 is 0 Å². The van der Waals surface area contributed by atoms with Crippen molar-refractivity contribution in [3.63, 3.8) is 0 Å². The van der Waals surface area contributed by atoms with Gasteiger partial charge in [-0.05, 0) is 6.42 Å². The second kappa shape index (κ2) is 9.88. The maximum absolute atomic E-state index is 5.12. The van der Waals surface area contributed by atoms with Crippen LogP contribution in [0.25, 0.3) is 0 Å². The molecule has 0 fully saturated rings. The van der Waals surface area contributed by atoms with E-state index in [1.54, 1.807) is 0 Å². The first kappa shape index (κ1) is 10.9. The molecular formula is C8H16O3. The summed E-state index contributed by atoms with van der Waals surface area (Å²) in [6, 6.07) is 0. The van der Waals surface area contributed by atoms with Gasteiger partial charge in [-0.25, -0.2) is 0 Å². The van der Waals surface area contributed by atoms with Gasteiger partial charge in [0.25, 0.3) is 0 Å². The largest absolute Gasteiger partial charge is 0.379 e. The van der Waals surface area contributed by atoms with E-state index in [2.05, 4.69) is 18.8 Å². The van der Waals surface area contributed by atoms with E-state index in [-0.39, 0.29) is 0 Å². The van der Waals surface area contributed by atoms with E-state index in [1.807, 2.05) is 0 Å². The molecule has 0 saturated carbocycles. The Kier molecular flexibility index (Phi) is 9.77. The van der Waals surface area contributed by atoms with E-state index in [0.29, 0.717) is 33.0 Å². The lowest BCUT2D eigenvalue weighted by Gasteiger charge is -2.03. The summed E-state index contributed by atoms with van der Waals surface area (Å²) in [5, 5.41) is 0. The van der Waals surface area contributed by atoms with Crippen LogP contribution < -0.4 is 0 Å². The topological polar surface area (TPSA) is 27.7 Å². The van der Waals surface area contributed by atoms with Crippen LogP contribution in [0.4, 0.5) is 0 Å². The number of hydrogen-bond acceptors (Lipinski definition) is 3. The van der Waals surface area contributed by atoms with Gasteiger partial charge in [-0.15, -0.1) is 0 Å². The normalized spacial score (nSPS) is 10.4. The van der Waals surface area contributed by atoms with E-state index in [0.717, 1.165) is 6.42 Å². The molecule has 11 heavy (non-hydrogen) atoms. The molecule has 0 saturated heterocycles. The molecule has 0 N–H and O–H groups in total. The Morgan fingerprint density at radius 3 is 1.91 bits per heavy atom. The van der Waals surface area contributed by atoms with Gasteiger partial charge in [0, 0.05) is 6.61 Å². The molecule has 0 amide bonds. The Balaban J connectivity index is 2.69. The average molecular weight is 160 g/mol. The van der Waals surface area contributed by atoms with E-state index in [4.69, 9.17) is 9.47 Å². The van der Waals surface area contributed by atoms with Crippen molar-refractivity contribution in [1.29, 1.82) is 0 Å². The van der Waals surface area contributed by atoms with Crippen molar-refractivity contribution in [2.45, 2.75) is 6.42 Å². The van der Waals surface area contributed by atoms with E-state index >= 15 is 0 Å². The standard InChI is InChI=1S/C8H16O3/c1-3-4-10-7-8-11-6-5-9-2/h1-8H2. The lowest BCUT2D eigenvalue weighted by molar-refractivity contribution is 0.0309. The smallest absolute Gasteiger partial charge is 0.0701 e. The first-order chi connectivity index (χ1) is 5.41. The van der Waals surface area contributed by atoms with Crippen LogP contribution >= 0.6 is 0 Å². The minimum atomic E-state index is 0.537. The number of hydrogen-bond donors (Lipinski definition) is 0. The third kappa shape index (κ3) is 9.88. The first-order valence-corrected chi connectivity index (χ1v) is 3.73. The molecule has 66 valence electrons. The second-order valence-corrected chi connectivity index (χ2v) is 1.99. The number of rotatable bonds is 8. The van der Waals surface area contributed by atoms with Crippen LogP contribution in [0.1, 0.15) is 6.42 Å². The van der Waals surface area contributed by atoms with Crippen molar-refractivity contribution in [1.82, 2.24) is 0 Å². The molecule has 2 radical (unpaired) electrons. The van der Waals surface area contributed by atoms with E-state index in [1.165, 1.54) is 0 Å². The molecule has 0 bridgehead atoms. The molecule has 0 aliphatic heterocycles. The van der Waals surface area contributed by atoms with Gasteiger partial charge in [0.2, 0.25) is 0 Å². The van der Waals surface area contributed by atoms with Gasteiger partial charge in [-0.1, -0.05) is 6.92 Å². The van der Waals surface area contributed by atoms with Crippen molar-refractivity contribution in [3.05, 3.63) is 14.0 Å². The first-order valence-electron chi connectivity index (χ1n) is 3.73. The summed E-state index contributed by atoms with van der Waals surface area (Å²) in [6.45, 7) is 6.71. The summed E-state index contributed by atoms with van der Waals surface area (Å²) in [6.07, 6.45) is 0.808. The Bertz CT molecular complexity index is 58.4. The van der Waals surface area contributed by atoms with Gasteiger partial charge in [0.15, 0.2) is 0 Å². The summed E-state index contributed by atoms with van der Waals surface area (Å²) in [5.41, 5.74) is 0. The fraction of sp³-hybridized carbons (Fsp3) is 0.750. The molecule has 0 aromatic heterocycles. The molecule has 3 heteroatoms. The summed E-state index contributed by atoms with van der Waals surface area (Å²) in [5.74, 6) is 0. The fourth-order valence-electron chi connectivity index (χ4n) is 0.542. The fourth-order valence-corrected chi connectivity index (χ4v) is 0.542. The highest BCUT2D eigenvalue weighted by molar-refractivity contribution is 4.36. The molecule has 0 aliphatic rings. The van der Waals surface area contributed by atoms with Crippen LogP contribution in [0.5, 0.6) is 0 Å². The Morgan fingerprint density at radius 2 is 1.36 bits per heavy atom. The van der Waals surface area contributed by atoms with Crippen molar-refractivity contribution in [2.24, 2.45) is 0 Å². The lowest BCUT2D eigenvalue weighted by atomic mass is 10.5. The highest BCUT2D eigenvalue weighted by Crippen LogP contribution is 1.81. The van der Waals surface area contributed by atoms with Crippen molar-refractivity contribution in [2.75, 3.05) is 33.0 Å². The molecule has 0 spiro atoms. The second-order valence-electron chi connectivity index (χ2n) is 1.99. The quantitative estimate of drug-likeness (QED) is 0.497.